The van der Waals surface area contributed by atoms with E-state index in [0.29, 0.717) is 0 Å². The normalized spacial score (nSPS) is 16.5. The number of rotatable bonds is 6. The van der Waals surface area contributed by atoms with Crippen molar-refractivity contribution in [3.63, 3.8) is 0 Å². The van der Waals surface area contributed by atoms with Crippen molar-refractivity contribution in [2.24, 2.45) is 0 Å². The minimum atomic E-state index is -1.23. The molecule has 0 saturated carbocycles. The first-order valence-electron chi connectivity index (χ1n) is 7.60. The average Bonchev–Trinajstić information content (AvgIpc) is 2.42. The number of morpholine rings is 1. The summed E-state index contributed by atoms with van der Waals surface area (Å²) in [5, 5.41) is 0. The van der Waals surface area contributed by atoms with E-state index in [1.807, 2.05) is 12.1 Å². The summed E-state index contributed by atoms with van der Waals surface area (Å²) in [5.74, 6) is -0.138. The van der Waals surface area contributed by atoms with Gasteiger partial charge in [-0.15, -0.1) is 12.4 Å². The van der Waals surface area contributed by atoms with Crippen LogP contribution in [0.4, 0.5) is 4.39 Å². The van der Waals surface area contributed by atoms with Crippen molar-refractivity contribution in [2.75, 3.05) is 32.8 Å². The molecule has 1 aromatic carbocycles. The molecule has 0 aromatic heterocycles. The highest BCUT2D eigenvalue weighted by Gasteiger charge is 2.21. The van der Waals surface area contributed by atoms with Gasteiger partial charge in [0.05, 0.1) is 21.3 Å². The summed E-state index contributed by atoms with van der Waals surface area (Å²) in [6, 6.07) is 9.51. The maximum Gasteiger partial charge on any atom is 0.123 e. The Hall–Kier alpha value is -0.423. The van der Waals surface area contributed by atoms with Crippen LogP contribution in [0.2, 0.25) is 19.1 Å². The second-order valence-corrected chi connectivity index (χ2v) is 11.7. The van der Waals surface area contributed by atoms with Crippen LogP contribution in [-0.2, 0) is 10.8 Å². The summed E-state index contributed by atoms with van der Waals surface area (Å²) in [6.45, 7) is 10.0. The van der Waals surface area contributed by atoms with Gasteiger partial charge in [0.1, 0.15) is 5.82 Å². The Labute approximate surface area is 135 Å². The molecule has 0 N–H and O–H groups in total. The third-order valence-electron chi connectivity index (χ3n) is 4.03. The molecule has 0 amide bonds. The zero-order valence-electron chi connectivity index (χ0n) is 13.1. The first-order chi connectivity index (χ1) is 9.55. The van der Waals surface area contributed by atoms with Crippen LogP contribution in [0.3, 0.4) is 0 Å². The molecule has 1 aliphatic heterocycles. The highest BCUT2D eigenvalue weighted by atomic mass is 35.5. The summed E-state index contributed by atoms with van der Waals surface area (Å²) in [7, 11) is -1.23. The molecule has 5 heteroatoms. The summed E-state index contributed by atoms with van der Waals surface area (Å²) in [5.41, 5.74) is 1.29. The summed E-state index contributed by atoms with van der Waals surface area (Å²) >= 11 is 0. The number of nitrogens with zero attached hydrogens (tertiary/aromatic N) is 1. The fraction of sp³-hybridized carbons (Fsp3) is 0.625. The maximum atomic E-state index is 12.9. The molecule has 0 aliphatic carbocycles. The average molecular weight is 332 g/mol. The van der Waals surface area contributed by atoms with E-state index in [1.165, 1.54) is 24.6 Å². The zero-order valence-corrected chi connectivity index (χ0v) is 14.9. The number of halogens is 2. The quantitative estimate of drug-likeness (QED) is 0.736. The molecule has 0 spiro atoms. The van der Waals surface area contributed by atoms with Crippen molar-refractivity contribution in [3.8, 4) is 0 Å². The highest BCUT2D eigenvalue weighted by Crippen LogP contribution is 2.19. The Morgan fingerprint density at radius 1 is 1.14 bits per heavy atom. The third kappa shape index (κ3) is 6.91. The van der Waals surface area contributed by atoms with Crippen molar-refractivity contribution < 1.29 is 9.13 Å². The lowest BCUT2D eigenvalue weighted by atomic mass is 10.2. The molecule has 0 radical (unpaired) electrons. The zero-order chi connectivity index (χ0) is 14.4. The van der Waals surface area contributed by atoms with Crippen LogP contribution >= 0.6 is 12.4 Å². The second-order valence-electron chi connectivity index (χ2n) is 6.53. The van der Waals surface area contributed by atoms with E-state index >= 15 is 0 Å². The molecule has 1 fully saturated rings. The highest BCUT2D eigenvalue weighted by molar-refractivity contribution is 6.76. The van der Waals surface area contributed by atoms with Gasteiger partial charge in [0.25, 0.3) is 0 Å². The van der Waals surface area contributed by atoms with Crippen LogP contribution in [0.1, 0.15) is 12.0 Å². The smallest absolute Gasteiger partial charge is 0.123 e. The largest absolute Gasteiger partial charge is 0.379 e. The summed E-state index contributed by atoms with van der Waals surface area (Å²) < 4.78 is 18.3. The van der Waals surface area contributed by atoms with Gasteiger partial charge in [-0.3, -0.25) is 4.90 Å². The number of ether oxygens (including phenoxy) is 1. The van der Waals surface area contributed by atoms with E-state index in [2.05, 4.69) is 18.0 Å². The van der Waals surface area contributed by atoms with Crippen molar-refractivity contribution in [3.05, 3.63) is 35.6 Å². The summed E-state index contributed by atoms with van der Waals surface area (Å²) in [6.07, 6.45) is 1.28. The van der Waals surface area contributed by atoms with Crippen LogP contribution < -0.4 is 0 Å². The van der Waals surface area contributed by atoms with Crippen LogP contribution in [0.15, 0.2) is 24.3 Å². The first-order valence-corrected chi connectivity index (χ1v) is 11.0. The van der Waals surface area contributed by atoms with E-state index in [4.69, 9.17) is 4.74 Å². The molecule has 21 heavy (non-hydrogen) atoms. The molecule has 2 rings (SSSR count). The minimum absolute atomic E-state index is 0. The Balaban J connectivity index is 0.00000220. The molecule has 1 aromatic rings. The maximum absolute atomic E-state index is 12.9. The van der Waals surface area contributed by atoms with E-state index in [-0.39, 0.29) is 18.2 Å². The van der Waals surface area contributed by atoms with E-state index in [0.717, 1.165) is 32.3 Å². The van der Waals surface area contributed by atoms with Crippen LogP contribution in [0.5, 0.6) is 0 Å². The van der Waals surface area contributed by atoms with Gasteiger partial charge in [-0.25, -0.2) is 4.39 Å². The molecule has 0 bridgehead atoms. The molecule has 120 valence electrons. The fourth-order valence-electron chi connectivity index (χ4n) is 2.85. The molecule has 1 aliphatic rings. The molecular weight excluding hydrogens is 305 g/mol. The van der Waals surface area contributed by atoms with Crippen molar-refractivity contribution >= 4 is 20.5 Å². The Kier molecular flexibility index (Phi) is 7.88. The van der Waals surface area contributed by atoms with Gasteiger partial charge in [-0.1, -0.05) is 36.8 Å². The molecule has 1 saturated heterocycles. The first kappa shape index (κ1) is 18.6. The third-order valence-corrected chi connectivity index (χ3v) is 7.10. The molecule has 0 unspecified atom stereocenters. The van der Waals surface area contributed by atoms with Gasteiger partial charge in [0.2, 0.25) is 0 Å². The lowest BCUT2D eigenvalue weighted by molar-refractivity contribution is 0.0379. The van der Waals surface area contributed by atoms with Crippen molar-refractivity contribution in [1.29, 1.82) is 0 Å². The number of hydrogen-bond donors (Lipinski definition) is 0. The lowest BCUT2D eigenvalue weighted by Crippen LogP contribution is -2.38. The van der Waals surface area contributed by atoms with Gasteiger partial charge in [0, 0.05) is 13.1 Å². The van der Waals surface area contributed by atoms with E-state index in [9.17, 15) is 4.39 Å². The number of benzene rings is 1. The van der Waals surface area contributed by atoms with Gasteiger partial charge in [0.15, 0.2) is 0 Å². The fourth-order valence-corrected chi connectivity index (χ4v) is 5.48. The Bertz CT molecular complexity index is 407. The van der Waals surface area contributed by atoms with E-state index < -0.39 is 8.07 Å². The Morgan fingerprint density at radius 3 is 2.38 bits per heavy atom. The van der Waals surface area contributed by atoms with Crippen LogP contribution in [0.25, 0.3) is 0 Å². The van der Waals surface area contributed by atoms with Crippen LogP contribution in [0, 0.1) is 5.82 Å². The summed E-state index contributed by atoms with van der Waals surface area (Å²) in [4.78, 5) is 2.51. The van der Waals surface area contributed by atoms with Crippen LogP contribution in [-0.4, -0.2) is 45.8 Å². The van der Waals surface area contributed by atoms with Crippen molar-refractivity contribution in [1.82, 2.24) is 4.90 Å². The topological polar surface area (TPSA) is 12.5 Å². The standard InChI is InChI=1S/C16H26FNOSi.ClH/c1-20(2,14-15-4-6-16(17)7-5-15)13-3-8-18-9-11-19-12-10-18;/h4-7H,3,8-14H2,1-2H3;1H. The predicted molar refractivity (Wildman–Crippen MR) is 91.5 cm³/mol. The van der Waals surface area contributed by atoms with Gasteiger partial charge >= 0.3 is 0 Å². The van der Waals surface area contributed by atoms with Gasteiger partial charge in [-0.05, 0) is 31.1 Å². The van der Waals surface area contributed by atoms with Gasteiger partial charge in [-0.2, -0.15) is 0 Å². The lowest BCUT2D eigenvalue weighted by Gasteiger charge is -2.28. The SMILES string of the molecule is C[Si](C)(CCCN1CCOCC1)Cc1ccc(F)cc1.Cl. The second kappa shape index (κ2) is 8.88. The van der Waals surface area contributed by atoms with E-state index in [1.54, 1.807) is 12.1 Å². The molecule has 0 atom stereocenters. The molecular formula is C16H27ClFNOSi. The monoisotopic (exact) mass is 331 g/mol. The Morgan fingerprint density at radius 2 is 1.76 bits per heavy atom. The minimum Gasteiger partial charge on any atom is -0.379 e. The predicted octanol–water partition coefficient (Wildman–Crippen LogP) is 3.76. The number of hydrogen-bond acceptors (Lipinski definition) is 2. The molecule has 2 nitrogen and oxygen atoms in total. The molecule has 1 heterocycles. The van der Waals surface area contributed by atoms with Gasteiger partial charge < -0.3 is 4.74 Å². The van der Waals surface area contributed by atoms with Crippen molar-refractivity contribution in [2.45, 2.75) is 31.6 Å².